The van der Waals surface area contributed by atoms with E-state index in [-0.39, 0.29) is 24.3 Å². The second-order valence-corrected chi connectivity index (χ2v) is 15.3. The monoisotopic (exact) mass is 766 g/mol. The van der Waals surface area contributed by atoms with Crippen LogP contribution in [0.2, 0.25) is 0 Å². The summed E-state index contributed by atoms with van der Waals surface area (Å²) in [5, 5.41) is 2.88. The van der Waals surface area contributed by atoms with Gasteiger partial charge in [0.1, 0.15) is 30.3 Å². The number of halogens is 1. The molecule has 50 heavy (non-hydrogen) atoms. The third kappa shape index (κ3) is 10.5. The number of ether oxygens (including phenoxy) is 2. The number of carbonyl (C=O) groups excluding carboxylic acids is 6. The van der Waals surface area contributed by atoms with E-state index in [1.807, 2.05) is 13.8 Å². The van der Waals surface area contributed by atoms with Gasteiger partial charge in [-0.2, -0.15) is 0 Å². The van der Waals surface area contributed by atoms with Crippen LogP contribution in [0.25, 0.3) is 0 Å². The van der Waals surface area contributed by atoms with Gasteiger partial charge < -0.3 is 29.5 Å². The third-order valence-electron chi connectivity index (χ3n) is 10.1. The Morgan fingerprint density at radius 3 is 1.98 bits per heavy atom. The Morgan fingerprint density at radius 2 is 1.44 bits per heavy atom. The van der Waals surface area contributed by atoms with Gasteiger partial charge in [-0.15, -0.1) is 0 Å². The standard InChI is InChI=1S/C37H59BrN4O8/c1-12-24(8)30-37(48)50-31(23(6)7)35(46)42-20-16-17-26(42)33(44)40(10)29(22(4)5)36(47)49-27(18-14-13-15-19-38)25(9)32(43)39-28(21(2)3)34(45)41(30)11/h21-31H,12-14,16-18,20H2,1-11H3,(H,39,43)/t24-,25-,26-,27+,28-,29-,30-,31-/m0/s1. The summed E-state index contributed by atoms with van der Waals surface area (Å²) in [4.78, 5) is 90.9. The van der Waals surface area contributed by atoms with E-state index in [4.69, 9.17) is 9.47 Å². The van der Waals surface area contributed by atoms with Crippen molar-refractivity contribution in [2.24, 2.45) is 29.6 Å². The molecule has 1 N–H and O–H groups in total. The van der Waals surface area contributed by atoms with Crippen molar-refractivity contribution in [1.29, 1.82) is 0 Å². The smallest absolute Gasteiger partial charge is 0.329 e. The molecule has 13 heteroatoms. The number of cyclic esters (lactones) is 2. The first-order valence-electron chi connectivity index (χ1n) is 18.0. The Balaban J connectivity index is 2.74. The molecule has 0 radical (unpaired) electrons. The molecule has 8 atom stereocenters. The largest absolute Gasteiger partial charge is 0.460 e. The maximum absolute atomic E-state index is 14.1. The highest BCUT2D eigenvalue weighted by atomic mass is 79.9. The number of fused-ring (bicyclic) bond motifs is 1. The van der Waals surface area contributed by atoms with Crippen molar-refractivity contribution >= 4 is 51.5 Å². The average molecular weight is 768 g/mol. The summed E-state index contributed by atoms with van der Waals surface area (Å²) in [7, 11) is 3.03. The van der Waals surface area contributed by atoms with Crippen LogP contribution in [0.1, 0.15) is 101 Å². The lowest BCUT2D eigenvalue weighted by molar-refractivity contribution is -0.172. The minimum Gasteiger partial charge on any atom is -0.460 e. The number of unbranched alkanes of at least 4 members (excludes halogenated alkanes) is 1. The summed E-state index contributed by atoms with van der Waals surface area (Å²) in [6.45, 7) is 16.4. The van der Waals surface area contributed by atoms with Gasteiger partial charge in [0.2, 0.25) is 17.7 Å². The molecule has 2 fully saturated rings. The van der Waals surface area contributed by atoms with Crippen LogP contribution in [0.4, 0.5) is 0 Å². The number of nitrogens with zero attached hydrogens (tertiary/aromatic N) is 3. The highest BCUT2D eigenvalue weighted by Gasteiger charge is 2.46. The van der Waals surface area contributed by atoms with Gasteiger partial charge >= 0.3 is 11.9 Å². The van der Waals surface area contributed by atoms with Crippen LogP contribution in [0.15, 0.2) is 0 Å². The van der Waals surface area contributed by atoms with Gasteiger partial charge in [-0.3, -0.25) is 19.2 Å². The summed E-state index contributed by atoms with van der Waals surface area (Å²) in [6.07, 6.45) is 0.714. The molecule has 0 saturated carbocycles. The van der Waals surface area contributed by atoms with Crippen LogP contribution in [-0.4, -0.2) is 107 Å². The first-order valence-corrected chi connectivity index (χ1v) is 18.8. The lowest BCUT2D eigenvalue weighted by Crippen LogP contribution is -2.58. The van der Waals surface area contributed by atoms with Crippen LogP contribution in [0, 0.1) is 40.3 Å². The van der Waals surface area contributed by atoms with Gasteiger partial charge in [-0.25, -0.2) is 9.59 Å². The van der Waals surface area contributed by atoms with E-state index in [0.29, 0.717) is 38.5 Å². The minimum absolute atomic E-state index is 0.286. The van der Waals surface area contributed by atoms with E-state index in [1.165, 1.54) is 28.8 Å². The molecule has 0 unspecified atom stereocenters. The van der Waals surface area contributed by atoms with Crippen LogP contribution < -0.4 is 5.32 Å². The van der Waals surface area contributed by atoms with Crippen LogP contribution in [0.3, 0.4) is 0 Å². The zero-order chi connectivity index (χ0) is 38.0. The van der Waals surface area contributed by atoms with Crippen molar-refractivity contribution in [2.45, 2.75) is 137 Å². The van der Waals surface area contributed by atoms with Gasteiger partial charge in [-0.05, 0) is 54.2 Å². The summed E-state index contributed by atoms with van der Waals surface area (Å²) in [5.41, 5.74) is 0. The van der Waals surface area contributed by atoms with Gasteiger partial charge in [0.05, 0.1) is 5.92 Å². The molecule has 0 aromatic rings. The molecule has 0 spiro atoms. The number of nitrogens with one attached hydrogen (secondary N) is 1. The van der Waals surface area contributed by atoms with E-state index in [1.54, 1.807) is 48.5 Å². The maximum atomic E-state index is 14.1. The van der Waals surface area contributed by atoms with Crippen molar-refractivity contribution in [1.82, 2.24) is 20.0 Å². The van der Waals surface area contributed by atoms with Crippen LogP contribution >= 0.6 is 15.9 Å². The quantitative estimate of drug-likeness (QED) is 0.221. The summed E-state index contributed by atoms with van der Waals surface area (Å²) < 4.78 is 12.0. The molecule has 2 aliphatic rings. The van der Waals surface area contributed by atoms with Crippen molar-refractivity contribution < 1.29 is 38.2 Å². The van der Waals surface area contributed by atoms with Crippen LogP contribution in [0.5, 0.6) is 0 Å². The predicted molar refractivity (Wildman–Crippen MR) is 193 cm³/mol. The molecule has 2 rings (SSSR count). The first kappa shape index (κ1) is 43.0. The fourth-order valence-electron chi connectivity index (χ4n) is 6.75. The van der Waals surface area contributed by atoms with E-state index < -0.39 is 83.8 Å². The number of rotatable bonds is 8. The molecular weight excluding hydrogens is 708 g/mol. The first-order chi connectivity index (χ1) is 23.4. The predicted octanol–water partition coefficient (Wildman–Crippen LogP) is 4.13. The van der Waals surface area contributed by atoms with Gasteiger partial charge in [0, 0.05) is 43.0 Å². The molecular formula is C37H59BrN4O8. The van der Waals surface area contributed by atoms with Crippen LogP contribution in [-0.2, 0) is 38.2 Å². The Bertz CT molecular complexity index is 1290. The molecule has 12 nitrogen and oxygen atoms in total. The van der Waals surface area contributed by atoms with Gasteiger partial charge in [-0.1, -0.05) is 74.7 Å². The number of likely N-dealkylation sites (N-methyl/N-ethyl adjacent to an activating group) is 2. The molecule has 2 heterocycles. The SMILES string of the molecule is CC[C@H](C)[C@H]1C(=O)O[C@@H](C(C)C)C(=O)N2CCC[C@H]2C(=O)N(C)[C@@H](C(C)C)C(=O)O[C@H](CCCC#CBr)[C@H](C)C(=O)N[C@@H](C(C)C)C(=O)N1C. The molecule has 0 aromatic heterocycles. The average Bonchev–Trinajstić information content (AvgIpc) is 3.55. The number of esters is 2. The van der Waals surface area contributed by atoms with Gasteiger partial charge in [0.25, 0.3) is 5.91 Å². The normalized spacial score (nSPS) is 28.8. The van der Waals surface area contributed by atoms with E-state index in [9.17, 15) is 28.8 Å². The molecule has 282 valence electrons. The summed E-state index contributed by atoms with van der Waals surface area (Å²) in [6, 6.07) is -3.92. The summed E-state index contributed by atoms with van der Waals surface area (Å²) in [5.74, 6) is -2.73. The molecule has 4 amide bonds. The Morgan fingerprint density at radius 1 is 0.840 bits per heavy atom. The fraction of sp³-hybridized carbons (Fsp3) is 0.784. The zero-order valence-electron chi connectivity index (χ0n) is 31.8. The molecule has 0 aliphatic carbocycles. The highest BCUT2D eigenvalue weighted by Crippen LogP contribution is 2.28. The zero-order valence-corrected chi connectivity index (χ0v) is 33.4. The van der Waals surface area contributed by atoms with E-state index in [2.05, 4.69) is 32.0 Å². The van der Waals surface area contributed by atoms with Crippen molar-refractivity contribution in [3.63, 3.8) is 0 Å². The second-order valence-electron chi connectivity index (χ2n) is 14.9. The Kier molecular flexibility index (Phi) is 16.7. The fourth-order valence-corrected chi connectivity index (χ4v) is 6.95. The maximum Gasteiger partial charge on any atom is 0.329 e. The number of amides is 4. The third-order valence-corrected chi connectivity index (χ3v) is 10.3. The Labute approximate surface area is 307 Å². The minimum atomic E-state index is -1.21. The van der Waals surface area contributed by atoms with E-state index >= 15 is 0 Å². The molecule has 0 aromatic carbocycles. The lowest BCUT2D eigenvalue weighted by atomic mass is 9.94. The van der Waals surface area contributed by atoms with Crippen molar-refractivity contribution in [3.05, 3.63) is 0 Å². The Hall–Kier alpha value is -3.14. The molecule has 2 saturated heterocycles. The van der Waals surface area contributed by atoms with Gasteiger partial charge in [0.15, 0.2) is 6.10 Å². The molecule has 0 bridgehead atoms. The van der Waals surface area contributed by atoms with Crippen molar-refractivity contribution in [2.75, 3.05) is 20.6 Å². The number of carbonyl (C=O) groups is 6. The second kappa shape index (κ2) is 19.5. The number of hydrogen-bond acceptors (Lipinski definition) is 8. The number of hydrogen-bond donors (Lipinski definition) is 1. The lowest BCUT2D eigenvalue weighted by Gasteiger charge is -2.37. The molecule has 2 aliphatic heterocycles. The summed E-state index contributed by atoms with van der Waals surface area (Å²) >= 11 is 3.09. The van der Waals surface area contributed by atoms with E-state index in [0.717, 1.165) is 0 Å². The highest BCUT2D eigenvalue weighted by molar-refractivity contribution is 9.12. The topological polar surface area (TPSA) is 143 Å². The van der Waals surface area contributed by atoms with Crippen molar-refractivity contribution in [3.8, 4) is 10.8 Å².